The number of hydrogen-bond acceptors (Lipinski definition) is 2. The molecule has 0 bridgehead atoms. The van der Waals surface area contributed by atoms with Crippen LogP contribution in [-0.4, -0.2) is 12.2 Å². The van der Waals surface area contributed by atoms with E-state index in [2.05, 4.69) is 60.7 Å². The first kappa shape index (κ1) is 17.8. The Labute approximate surface area is 157 Å². The van der Waals surface area contributed by atoms with E-state index in [1.807, 2.05) is 0 Å². The summed E-state index contributed by atoms with van der Waals surface area (Å²) in [6.45, 7) is 0. The Morgan fingerprint density at radius 1 is 0.462 bits per heavy atom. The van der Waals surface area contributed by atoms with E-state index in [1.165, 1.54) is 36.8 Å². The minimum absolute atomic E-state index is 0.279. The third kappa shape index (κ3) is 4.55. The van der Waals surface area contributed by atoms with Crippen molar-refractivity contribution in [1.82, 2.24) is 0 Å². The van der Waals surface area contributed by atoms with Gasteiger partial charge in [0.2, 0.25) is 0 Å². The predicted molar refractivity (Wildman–Crippen MR) is 105 cm³/mol. The van der Waals surface area contributed by atoms with Gasteiger partial charge in [0.15, 0.2) is 0 Å². The van der Waals surface area contributed by atoms with Crippen molar-refractivity contribution in [2.24, 2.45) is 0 Å². The van der Waals surface area contributed by atoms with Crippen molar-refractivity contribution in [3.05, 3.63) is 71.8 Å². The lowest BCUT2D eigenvalue weighted by molar-refractivity contribution is -0.358. The van der Waals surface area contributed by atoms with Crippen LogP contribution in [0.5, 0.6) is 0 Å². The van der Waals surface area contributed by atoms with E-state index in [-0.39, 0.29) is 12.2 Å². The van der Waals surface area contributed by atoms with E-state index in [9.17, 15) is 0 Å². The van der Waals surface area contributed by atoms with Crippen LogP contribution in [0.2, 0.25) is 0 Å². The van der Waals surface area contributed by atoms with Gasteiger partial charge in [0.1, 0.15) is 0 Å². The lowest BCUT2D eigenvalue weighted by Gasteiger charge is -2.31. The molecule has 0 atom stereocenters. The van der Waals surface area contributed by atoms with Gasteiger partial charge in [-0.1, -0.05) is 60.7 Å². The van der Waals surface area contributed by atoms with Crippen molar-refractivity contribution in [1.29, 1.82) is 0 Å². The summed E-state index contributed by atoms with van der Waals surface area (Å²) in [5.41, 5.74) is 2.96. The van der Waals surface area contributed by atoms with Gasteiger partial charge in [-0.05, 0) is 74.3 Å². The molecular formula is C24H30O2. The van der Waals surface area contributed by atoms with Gasteiger partial charge in [0, 0.05) is 0 Å². The molecule has 2 fully saturated rings. The maximum Gasteiger partial charge on any atom is 0.0930 e. The van der Waals surface area contributed by atoms with Crippen LogP contribution in [0.15, 0.2) is 60.7 Å². The van der Waals surface area contributed by atoms with Crippen molar-refractivity contribution < 1.29 is 9.78 Å². The Kier molecular flexibility index (Phi) is 6.03. The van der Waals surface area contributed by atoms with Gasteiger partial charge in [0.05, 0.1) is 12.2 Å². The van der Waals surface area contributed by atoms with Gasteiger partial charge in [0.25, 0.3) is 0 Å². The van der Waals surface area contributed by atoms with Gasteiger partial charge in [-0.15, -0.1) is 0 Å². The summed E-state index contributed by atoms with van der Waals surface area (Å²) in [7, 11) is 0. The van der Waals surface area contributed by atoms with E-state index in [0.717, 1.165) is 25.7 Å². The summed E-state index contributed by atoms with van der Waals surface area (Å²) < 4.78 is 0. The zero-order valence-electron chi connectivity index (χ0n) is 15.6. The van der Waals surface area contributed by atoms with Crippen LogP contribution >= 0.6 is 0 Å². The van der Waals surface area contributed by atoms with Gasteiger partial charge < -0.3 is 0 Å². The summed E-state index contributed by atoms with van der Waals surface area (Å²) in [5.74, 6) is 1.38. The molecule has 0 saturated heterocycles. The monoisotopic (exact) mass is 350 g/mol. The number of hydrogen-bond donors (Lipinski definition) is 0. The molecule has 0 aromatic heterocycles. The molecule has 0 spiro atoms. The Balaban J connectivity index is 1.17. The summed E-state index contributed by atoms with van der Waals surface area (Å²) in [5, 5.41) is 0. The molecule has 2 nitrogen and oxygen atoms in total. The molecule has 0 unspecified atom stereocenters. The second kappa shape index (κ2) is 8.83. The van der Waals surface area contributed by atoms with Gasteiger partial charge in [-0.25, -0.2) is 9.78 Å². The zero-order valence-corrected chi connectivity index (χ0v) is 15.6. The molecule has 26 heavy (non-hydrogen) atoms. The first-order chi connectivity index (χ1) is 12.9. The lowest BCUT2D eigenvalue weighted by atomic mass is 9.82. The Hall–Kier alpha value is -1.64. The van der Waals surface area contributed by atoms with E-state index in [1.54, 1.807) is 0 Å². The number of rotatable bonds is 5. The molecule has 0 aliphatic heterocycles. The topological polar surface area (TPSA) is 18.5 Å². The van der Waals surface area contributed by atoms with Gasteiger partial charge >= 0.3 is 0 Å². The standard InChI is InChI=1S/C24H30O2/c1-3-7-19(8-4-1)21-11-15-23(16-12-21)25-26-24-17-13-22(14-18-24)20-9-5-2-6-10-20/h1-10,21-24H,11-18H2. The third-order valence-corrected chi connectivity index (χ3v) is 6.22. The van der Waals surface area contributed by atoms with E-state index in [4.69, 9.17) is 9.78 Å². The first-order valence-corrected chi connectivity index (χ1v) is 10.3. The van der Waals surface area contributed by atoms with Crippen LogP contribution < -0.4 is 0 Å². The van der Waals surface area contributed by atoms with Crippen molar-refractivity contribution in [3.8, 4) is 0 Å². The molecule has 2 aliphatic rings. The molecule has 0 heterocycles. The molecule has 0 radical (unpaired) electrons. The Morgan fingerprint density at radius 2 is 0.808 bits per heavy atom. The van der Waals surface area contributed by atoms with Crippen LogP contribution in [0.1, 0.15) is 74.3 Å². The first-order valence-electron chi connectivity index (χ1n) is 10.3. The van der Waals surface area contributed by atoms with Crippen molar-refractivity contribution in [2.45, 2.75) is 75.4 Å². The summed E-state index contributed by atoms with van der Waals surface area (Å²) >= 11 is 0. The second-order valence-corrected chi connectivity index (χ2v) is 7.96. The van der Waals surface area contributed by atoms with Crippen LogP contribution in [-0.2, 0) is 9.78 Å². The molecule has 2 saturated carbocycles. The minimum atomic E-state index is 0.279. The average molecular weight is 351 g/mol. The maximum atomic E-state index is 5.85. The highest BCUT2D eigenvalue weighted by Crippen LogP contribution is 2.36. The Bertz CT molecular complexity index is 579. The molecule has 2 aromatic carbocycles. The molecule has 0 amide bonds. The van der Waals surface area contributed by atoms with Gasteiger partial charge in [-0.3, -0.25) is 0 Å². The molecule has 2 aliphatic carbocycles. The fourth-order valence-corrected chi connectivity index (χ4v) is 4.59. The van der Waals surface area contributed by atoms with Crippen LogP contribution in [0, 0.1) is 0 Å². The summed E-state index contributed by atoms with van der Waals surface area (Å²) in [6, 6.07) is 21.8. The molecule has 0 N–H and O–H groups in total. The predicted octanol–water partition coefficient (Wildman–Crippen LogP) is 6.39. The molecular weight excluding hydrogens is 320 g/mol. The number of benzene rings is 2. The van der Waals surface area contributed by atoms with Crippen LogP contribution in [0.4, 0.5) is 0 Å². The fourth-order valence-electron chi connectivity index (χ4n) is 4.59. The summed E-state index contributed by atoms with van der Waals surface area (Å²) in [4.78, 5) is 11.7. The van der Waals surface area contributed by atoms with E-state index < -0.39 is 0 Å². The third-order valence-electron chi connectivity index (χ3n) is 6.22. The molecule has 2 heteroatoms. The molecule has 138 valence electrons. The highest BCUT2D eigenvalue weighted by Gasteiger charge is 2.27. The summed E-state index contributed by atoms with van der Waals surface area (Å²) in [6.07, 6.45) is 9.83. The second-order valence-electron chi connectivity index (χ2n) is 7.96. The quantitative estimate of drug-likeness (QED) is 0.459. The smallest absolute Gasteiger partial charge is 0.0930 e. The SMILES string of the molecule is c1ccc(C2CCC(OOC3CCC(c4ccccc4)CC3)CC2)cc1. The zero-order chi connectivity index (χ0) is 17.6. The van der Waals surface area contributed by atoms with Gasteiger partial charge in [-0.2, -0.15) is 0 Å². The molecule has 4 rings (SSSR count). The maximum absolute atomic E-state index is 5.85. The average Bonchev–Trinajstić information content (AvgIpc) is 2.74. The fraction of sp³-hybridized carbons (Fsp3) is 0.500. The van der Waals surface area contributed by atoms with Crippen molar-refractivity contribution in [2.75, 3.05) is 0 Å². The lowest BCUT2D eigenvalue weighted by Crippen LogP contribution is -2.26. The van der Waals surface area contributed by atoms with Crippen molar-refractivity contribution >= 4 is 0 Å². The Morgan fingerprint density at radius 3 is 1.15 bits per heavy atom. The van der Waals surface area contributed by atoms with Crippen LogP contribution in [0.25, 0.3) is 0 Å². The van der Waals surface area contributed by atoms with Crippen molar-refractivity contribution in [3.63, 3.8) is 0 Å². The largest absolute Gasteiger partial charge is 0.233 e. The molecule has 2 aromatic rings. The highest BCUT2D eigenvalue weighted by atomic mass is 17.2. The highest BCUT2D eigenvalue weighted by molar-refractivity contribution is 5.20. The van der Waals surface area contributed by atoms with E-state index in [0.29, 0.717) is 11.8 Å². The normalized spacial score (nSPS) is 29.4. The minimum Gasteiger partial charge on any atom is -0.233 e. The van der Waals surface area contributed by atoms with Crippen LogP contribution in [0.3, 0.4) is 0 Å². The van der Waals surface area contributed by atoms with E-state index >= 15 is 0 Å².